The lowest BCUT2D eigenvalue weighted by Gasteiger charge is -2.14. The molecule has 5 heteroatoms. The van der Waals surface area contributed by atoms with E-state index in [1.54, 1.807) is 20.4 Å². The average Bonchev–Trinajstić information content (AvgIpc) is 2.47. The van der Waals surface area contributed by atoms with Gasteiger partial charge in [-0.1, -0.05) is 0 Å². The van der Waals surface area contributed by atoms with E-state index in [0.29, 0.717) is 12.4 Å². The van der Waals surface area contributed by atoms with Crippen LogP contribution in [0, 0.1) is 6.92 Å². The van der Waals surface area contributed by atoms with Gasteiger partial charge in [0, 0.05) is 17.3 Å². The van der Waals surface area contributed by atoms with Gasteiger partial charge in [-0.2, -0.15) is 0 Å². The average molecular weight is 259 g/mol. The molecule has 0 saturated heterocycles. The zero-order valence-electron chi connectivity index (χ0n) is 11.3. The number of rotatable bonds is 4. The summed E-state index contributed by atoms with van der Waals surface area (Å²) in [7, 11) is 3.27. The SMILES string of the molecule is COc1ccc(-c2ccnc(CN)n2)c(OC)c1C. The van der Waals surface area contributed by atoms with Crippen LogP contribution in [0.4, 0.5) is 0 Å². The standard InChI is InChI=1S/C14H17N3O2/c1-9-12(18-2)5-4-10(14(9)19-3)11-6-7-16-13(8-15)17-11/h4-7H,8,15H2,1-3H3. The van der Waals surface area contributed by atoms with Crippen molar-refractivity contribution >= 4 is 0 Å². The van der Waals surface area contributed by atoms with Crippen LogP contribution in [0.25, 0.3) is 11.3 Å². The Kier molecular flexibility index (Phi) is 3.97. The van der Waals surface area contributed by atoms with E-state index < -0.39 is 0 Å². The maximum atomic E-state index is 5.57. The monoisotopic (exact) mass is 259 g/mol. The fourth-order valence-electron chi connectivity index (χ4n) is 2.01. The third-order valence-corrected chi connectivity index (χ3v) is 2.94. The van der Waals surface area contributed by atoms with Crippen LogP contribution in [-0.2, 0) is 6.54 Å². The number of ether oxygens (including phenoxy) is 2. The molecule has 2 rings (SSSR count). The summed E-state index contributed by atoms with van der Waals surface area (Å²) in [5.41, 5.74) is 8.20. The summed E-state index contributed by atoms with van der Waals surface area (Å²) in [4.78, 5) is 8.50. The Hall–Kier alpha value is -2.14. The van der Waals surface area contributed by atoms with Gasteiger partial charge in [0.1, 0.15) is 17.3 Å². The molecule has 19 heavy (non-hydrogen) atoms. The van der Waals surface area contributed by atoms with Crippen LogP contribution in [0.5, 0.6) is 11.5 Å². The highest BCUT2D eigenvalue weighted by molar-refractivity contribution is 5.71. The molecule has 0 aliphatic rings. The molecular formula is C14H17N3O2. The lowest BCUT2D eigenvalue weighted by Crippen LogP contribution is -2.04. The molecule has 0 spiro atoms. The van der Waals surface area contributed by atoms with E-state index >= 15 is 0 Å². The predicted molar refractivity (Wildman–Crippen MR) is 73.2 cm³/mol. The van der Waals surface area contributed by atoms with Crippen LogP contribution in [0.15, 0.2) is 24.4 Å². The molecule has 100 valence electrons. The van der Waals surface area contributed by atoms with Crippen LogP contribution in [0.3, 0.4) is 0 Å². The minimum absolute atomic E-state index is 0.311. The first kappa shape index (κ1) is 13.3. The van der Waals surface area contributed by atoms with E-state index in [1.165, 1.54) is 0 Å². The van der Waals surface area contributed by atoms with Gasteiger partial charge in [0.25, 0.3) is 0 Å². The first-order valence-corrected chi connectivity index (χ1v) is 5.95. The Labute approximate surface area is 112 Å². The Morgan fingerprint density at radius 2 is 1.95 bits per heavy atom. The molecule has 1 aromatic carbocycles. The fraction of sp³-hybridized carbons (Fsp3) is 0.286. The van der Waals surface area contributed by atoms with Gasteiger partial charge in [-0.05, 0) is 25.1 Å². The Bertz CT molecular complexity index is 585. The third-order valence-electron chi connectivity index (χ3n) is 2.94. The van der Waals surface area contributed by atoms with Crippen molar-refractivity contribution in [2.75, 3.05) is 14.2 Å². The second-order valence-electron chi connectivity index (χ2n) is 4.04. The van der Waals surface area contributed by atoms with E-state index in [1.807, 2.05) is 25.1 Å². The van der Waals surface area contributed by atoms with Crippen molar-refractivity contribution in [1.82, 2.24) is 9.97 Å². The number of hydrogen-bond donors (Lipinski definition) is 1. The topological polar surface area (TPSA) is 70.3 Å². The summed E-state index contributed by atoms with van der Waals surface area (Å²) >= 11 is 0. The zero-order valence-corrected chi connectivity index (χ0v) is 11.3. The molecule has 5 nitrogen and oxygen atoms in total. The summed E-state index contributed by atoms with van der Waals surface area (Å²) in [5, 5.41) is 0. The lowest BCUT2D eigenvalue weighted by atomic mass is 10.1. The number of methoxy groups -OCH3 is 2. The number of aromatic nitrogens is 2. The summed E-state index contributed by atoms with van der Waals surface area (Å²) < 4.78 is 10.8. The molecule has 0 aliphatic carbocycles. The Morgan fingerprint density at radius 1 is 1.16 bits per heavy atom. The van der Waals surface area contributed by atoms with Gasteiger partial charge < -0.3 is 15.2 Å². The number of benzene rings is 1. The Balaban J connectivity index is 2.58. The van der Waals surface area contributed by atoms with Crippen LogP contribution < -0.4 is 15.2 Å². The van der Waals surface area contributed by atoms with Gasteiger partial charge in [0.15, 0.2) is 0 Å². The quantitative estimate of drug-likeness (QED) is 0.908. The normalized spacial score (nSPS) is 10.3. The maximum absolute atomic E-state index is 5.57. The van der Waals surface area contributed by atoms with E-state index in [0.717, 1.165) is 28.3 Å². The van der Waals surface area contributed by atoms with Crippen molar-refractivity contribution in [2.45, 2.75) is 13.5 Å². The molecule has 0 aliphatic heterocycles. The van der Waals surface area contributed by atoms with Gasteiger partial charge in [-0.15, -0.1) is 0 Å². The van der Waals surface area contributed by atoms with Crippen molar-refractivity contribution < 1.29 is 9.47 Å². The smallest absolute Gasteiger partial charge is 0.142 e. The summed E-state index contributed by atoms with van der Waals surface area (Å²) in [6.07, 6.45) is 1.70. The first-order valence-electron chi connectivity index (χ1n) is 5.95. The minimum Gasteiger partial charge on any atom is -0.496 e. The van der Waals surface area contributed by atoms with E-state index in [-0.39, 0.29) is 0 Å². The molecule has 0 atom stereocenters. The highest BCUT2D eigenvalue weighted by Gasteiger charge is 2.14. The second-order valence-corrected chi connectivity index (χ2v) is 4.04. The molecule has 0 unspecified atom stereocenters. The minimum atomic E-state index is 0.311. The number of hydrogen-bond acceptors (Lipinski definition) is 5. The molecular weight excluding hydrogens is 242 g/mol. The molecule has 2 N–H and O–H groups in total. The zero-order chi connectivity index (χ0) is 13.8. The second kappa shape index (κ2) is 5.67. The summed E-state index contributed by atoms with van der Waals surface area (Å²) in [6.45, 7) is 2.26. The molecule has 0 radical (unpaired) electrons. The fourth-order valence-corrected chi connectivity index (χ4v) is 2.01. The van der Waals surface area contributed by atoms with Crippen molar-refractivity contribution in [1.29, 1.82) is 0 Å². The summed E-state index contributed by atoms with van der Waals surface area (Å²) in [6, 6.07) is 5.66. The number of nitrogens with zero attached hydrogens (tertiary/aromatic N) is 2. The summed E-state index contributed by atoms with van der Waals surface area (Å²) in [5.74, 6) is 2.14. The maximum Gasteiger partial charge on any atom is 0.142 e. The molecule has 1 heterocycles. The lowest BCUT2D eigenvalue weighted by molar-refractivity contribution is 0.390. The highest BCUT2D eigenvalue weighted by atomic mass is 16.5. The van der Waals surface area contributed by atoms with Crippen molar-refractivity contribution in [2.24, 2.45) is 5.73 Å². The van der Waals surface area contributed by atoms with Crippen molar-refractivity contribution in [3.05, 3.63) is 35.8 Å². The van der Waals surface area contributed by atoms with Crippen LogP contribution >= 0.6 is 0 Å². The van der Waals surface area contributed by atoms with Gasteiger partial charge in [-0.3, -0.25) is 0 Å². The molecule has 0 saturated carbocycles. The molecule has 0 amide bonds. The molecule has 2 aromatic rings. The largest absolute Gasteiger partial charge is 0.496 e. The van der Waals surface area contributed by atoms with Gasteiger partial charge in [-0.25, -0.2) is 9.97 Å². The predicted octanol–water partition coefficient (Wildman–Crippen LogP) is 1.93. The van der Waals surface area contributed by atoms with Gasteiger partial charge in [0.2, 0.25) is 0 Å². The first-order chi connectivity index (χ1) is 9.21. The van der Waals surface area contributed by atoms with Gasteiger partial charge >= 0.3 is 0 Å². The highest BCUT2D eigenvalue weighted by Crippen LogP contribution is 2.36. The molecule has 0 bridgehead atoms. The van der Waals surface area contributed by atoms with E-state index in [2.05, 4.69) is 9.97 Å². The van der Waals surface area contributed by atoms with E-state index in [4.69, 9.17) is 15.2 Å². The molecule has 1 aromatic heterocycles. The van der Waals surface area contributed by atoms with Gasteiger partial charge in [0.05, 0.1) is 26.5 Å². The van der Waals surface area contributed by atoms with Crippen LogP contribution in [0.1, 0.15) is 11.4 Å². The molecule has 0 fully saturated rings. The van der Waals surface area contributed by atoms with Crippen molar-refractivity contribution in [3.63, 3.8) is 0 Å². The number of nitrogens with two attached hydrogens (primary N) is 1. The van der Waals surface area contributed by atoms with E-state index in [9.17, 15) is 0 Å². The third kappa shape index (κ3) is 2.51. The van der Waals surface area contributed by atoms with Crippen LogP contribution in [0.2, 0.25) is 0 Å². The van der Waals surface area contributed by atoms with Crippen molar-refractivity contribution in [3.8, 4) is 22.8 Å². The Morgan fingerprint density at radius 3 is 2.58 bits per heavy atom. The van der Waals surface area contributed by atoms with Crippen LogP contribution in [-0.4, -0.2) is 24.2 Å².